The standard InChI is InChI=1S/C8H9Cl2NO/c9-6-1-5(8(12)4-11)2-7(10)3-6/h1-3,8,12H,4,11H2/t8-/m1/s1. The molecule has 0 saturated carbocycles. The summed E-state index contributed by atoms with van der Waals surface area (Å²) < 4.78 is 0. The Hall–Kier alpha value is -0.280. The second-order valence-corrected chi connectivity index (χ2v) is 3.33. The van der Waals surface area contributed by atoms with E-state index in [9.17, 15) is 5.11 Å². The molecule has 1 aromatic rings. The van der Waals surface area contributed by atoms with Crippen LogP contribution in [-0.2, 0) is 0 Å². The molecule has 0 spiro atoms. The molecule has 0 fully saturated rings. The molecule has 3 N–H and O–H groups in total. The van der Waals surface area contributed by atoms with Crippen LogP contribution >= 0.6 is 23.2 Å². The molecule has 0 unspecified atom stereocenters. The Morgan fingerprint density at radius 3 is 2.17 bits per heavy atom. The molecule has 0 aliphatic rings. The zero-order valence-electron chi connectivity index (χ0n) is 6.30. The third-order valence-electron chi connectivity index (χ3n) is 1.49. The molecule has 4 heteroatoms. The number of hydrogen-bond donors (Lipinski definition) is 2. The van der Waals surface area contributed by atoms with E-state index in [1.165, 1.54) is 0 Å². The average Bonchev–Trinajstić information content (AvgIpc) is 2.01. The molecule has 1 aromatic carbocycles. The predicted molar refractivity (Wildman–Crippen MR) is 50.5 cm³/mol. The number of rotatable bonds is 2. The third kappa shape index (κ3) is 2.35. The molecule has 0 radical (unpaired) electrons. The molecule has 66 valence electrons. The second-order valence-electron chi connectivity index (χ2n) is 2.45. The summed E-state index contributed by atoms with van der Waals surface area (Å²) in [5.74, 6) is 0. The van der Waals surface area contributed by atoms with Gasteiger partial charge in [0, 0.05) is 16.6 Å². The van der Waals surface area contributed by atoms with Crippen molar-refractivity contribution in [2.75, 3.05) is 6.54 Å². The molecule has 1 rings (SSSR count). The summed E-state index contributed by atoms with van der Waals surface area (Å²) in [6.07, 6.45) is -0.693. The van der Waals surface area contributed by atoms with Crippen molar-refractivity contribution in [1.82, 2.24) is 0 Å². The zero-order valence-corrected chi connectivity index (χ0v) is 7.81. The van der Waals surface area contributed by atoms with Crippen LogP contribution in [0.15, 0.2) is 18.2 Å². The van der Waals surface area contributed by atoms with Gasteiger partial charge in [-0.05, 0) is 23.8 Å². The van der Waals surface area contributed by atoms with Gasteiger partial charge >= 0.3 is 0 Å². The number of halogens is 2. The van der Waals surface area contributed by atoms with Crippen molar-refractivity contribution in [2.24, 2.45) is 5.73 Å². The molecular formula is C8H9Cl2NO. The monoisotopic (exact) mass is 205 g/mol. The first kappa shape index (κ1) is 9.81. The van der Waals surface area contributed by atoms with Crippen LogP contribution in [0.3, 0.4) is 0 Å². The van der Waals surface area contributed by atoms with E-state index in [2.05, 4.69) is 0 Å². The number of aliphatic hydroxyl groups excluding tert-OH is 1. The number of aliphatic hydroxyl groups is 1. The number of hydrogen-bond acceptors (Lipinski definition) is 2. The summed E-state index contributed by atoms with van der Waals surface area (Å²) in [6.45, 7) is 0.163. The minimum atomic E-state index is -0.693. The Bertz CT molecular complexity index is 258. The van der Waals surface area contributed by atoms with Gasteiger partial charge < -0.3 is 10.8 Å². The lowest BCUT2D eigenvalue weighted by molar-refractivity contribution is 0.187. The molecule has 12 heavy (non-hydrogen) atoms. The molecule has 0 aliphatic heterocycles. The van der Waals surface area contributed by atoms with Crippen LogP contribution in [-0.4, -0.2) is 11.7 Å². The lowest BCUT2D eigenvalue weighted by Crippen LogP contribution is -2.11. The summed E-state index contributed by atoms with van der Waals surface area (Å²) >= 11 is 11.4. The van der Waals surface area contributed by atoms with Crippen LogP contribution < -0.4 is 5.73 Å². The van der Waals surface area contributed by atoms with Crippen molar-refractivity contribution in [3.63, 3.8) is 0 Å². The normalized spacial score (nSPS) is 13.0. The van der Waals surface area contributed by atoms with E-state index in [1.54, 1.807) is 18.2 Å². The highest BCUT2D eigenvalue weighted by Crippen LogP contribution is 2.22. The SMILES string of the molecule is NC[C@@H](O)c1cc(Cl)cc(Cl)c1. The molecule has 1 atom stereocenters. The largest absolute Gasteiger partial charge is 0.387 e. The zero-order chi connectivity index (χ0) is 9.14. The minimum absolute atomic E-state index is 0.163. The summed E-state index contributed by atoms with van der Waals surface area (Å²) in [5, 5.41) is 10.3. The highest BCUT2D eigenvalue weighted by atomic mass is 35.5. The van der Waals surface area contributed by atoms with Gasteiger partial charge in [0.15, 0.2) is 0 Å². The van der Waals surface area contributed by atoms with Crippen molar-refractivity contribution < 1.29 is 5.11 Å². The fraction of sp³-hybridized carbons (Fsp3) is 0.250. The van der Waals surface area contributed by atoms with Crippen LogP contribution in [0.5, 0.6) is 0 Å². The first-order valence-corrected chi connectivity index (χ1v) is 4.23. The summed E-state index contributed by atoms with van der Waals surface area (Å²) in [7, 11) is 0. The average molecular weight is 206 g/mol. The lowest BCUT2D eigenvalue weighted by Gasteiger charge is -2.08. The van der Waals surface area contributed by atoms with Crippen molar-refractivity contribution in [3.8, 4) is 0 Å². The first-order valence-electron chi connectivity index (χ1n) is 3.47. The quantitative estimate of drug-likeness (QED) is 0.777. The first-order chi connectivity index (χ1) is 5.63. The number of benzene rings is 1. The molecule has 0 aliphatic carbocycles. The van der Waals surface area contributed by atoms with Gasteiger partial charge in [0.05, 0.1) is 6.10 Å². The topological polar surface area (TPSA) is 46.2 Å². The van der Waals surface area contributed by atoms with Crippen molar-refractivity contribution >= 4 is 23.2 Å². The second kappa shape index (κ2) is 4.10. The molecule has 0 aromatic heterocycles. The van der Waals surface area contributed by atoms with E-state index in [4.69, 9.17) is 28.9 Å². The highest BCUT2D eigenvalue weighted by molar-refractivity contribution is 6.34. The maximum atomic E-state index is 9.34. The van der Waals surface area contributed by atoms with Crippen molar-refractivity contribution in [2.45, 2.75) is 6.10 Å². The molecule has 0 heterocycles. The molecule has 0 amide bonds. The van der Waals surface area contributed by atoms with Crippen LogP contribution in [0.1, 0.15) is 11.7 Å². The Kier molecular flexibility index (Phi) is 3.35. The van der Waals surface area contributed by atoms with Gasteiger partial charge in [0.1, 0.15) is 0 Å². The van der Waals surface area contributed by atoms with Gasteiger partial charge in [0.2, 0.25) is 0 Å². The van der Waals surface area contributed by atoms with Gasteiger partial charge in [-0.3, -0.25) is 0 Å². The van der Waals surface area contributed by atoms with Crippen LogP contribution in [0.4, 0.5) is 0 Å². The Labute approximate surface area is 80.9 Å². The molecule has 0 saturated heterocycles. The van der Waals surface area contributed by atoms with Gasteiger partial charge in [-0.2, -0.15) is 0 Å². The maximum absolute atomic E-state index is 9.34. The van der Waals surface area contributed by atoms with E-state index in [-0.39, 0.29) is 6.54 Å². The summed E-state index contributed by atoms with van der Waals surface area (Å²) in [5.41, 5.74) is 5.92. The van der Waals surface area contributed by atoms with E-state index < -0.39 is 6.10 Å². The van der Waals surface area contributed by atoms with Gasteiger partial charge in [0.25, 0.3) is 0 Å². The lowest BCUT2D eigenvalue weighted by atomic mass is 10.1. The van der Waals surface area contributed by atoms with Gasteiger partial charge in [-0.1, -0.05) is 23.2 Å². The molecule has 2 nitrogen and oxygen atoms in total. The summed E-state index contributed by atoms with van der Waals surface area (Å²) in [4.78, 5) is 0. The Morgan fingerprint density at radius 2 is 1.75 bits per heavy atom. The smallest absolute Gasteiger partial charge is 0.0913 e. The minimum Gasteiger partial charge on any atom is -0.387 e. The van der Waals surface area contributed by atoms with Gasteiger partial charge in [-0.15, -0.1) is 0 Å². The maximum Gasteiger partial charge on any atom is 0.0913 e. The van der Waals surface area contributed by atoms with Crippen LogP contribution in [0.2, 0.25) is 10.0 Å². The third-order valence-corrected chi connectivity index (χ3v) is 1.93. The van der Waals surface area contributed by atoms with Crippen molar-refractivity contribution in [1.29, 1.82) is 0 Å². The fourth-order valence-electron chi connectivity index (χ4n) is 0.904. The summed E-state index contributed by atoms with van der Waals surface area (Å²) in [6, 6.07) is 4.89. The van der Waals surface area contributed by atoms with Crippen LogP contribution in [0.25, 0.3) is 0 Å². The van der Waals surface area contributed by atoms with E-state index >= 15 is 0 Å². The number of nitrogens with two attached hydrogens (primary N) is 1. The Balaban J connectivity index is 3.00. The van der Waals surface area contributed by atoms with Crippen molar-refractivity contribution in [3.05, 3.63) is 33.8 Å². The molecular weight excluding hydrogens is 197 g/mol. The fourth-order valence-corrected chi connectivity index (χ4v) is 1.45. The predicted octanol–water partition coefficient (Wildman–Crippen LogP) is 1.99. The van der Waals surface area contributed by atoms with E-state index in [0.717, 1.165) is 0 Å². The highest BCUT2D eigenvalue weighted by Gasteiger charge is 2.06. The molecule has 0 bridgehead atoms. The van der Waals surface area contributed by atoms with E-state index in [0.29, 0.717) is 15.6 Å². The van der Waals surface area contributed by atoms with Crippen LogP contribution in [0, 0.1) is 0 Å². The van der Waals surface area contributed by atoms with E-state index in [1.807, 2.05) is 0 Å². The Morgan fingerprint density at radius 1 is 1.25 bits per heavy atom. The van der Waals surface area contributed by atoms with Gasteiger partial charge in [-0.25, -0.2) is 0 Å².